The topological polar surface area (TPSA) is 107 Å². The zero-order valence-corrected chi connectivity index (χ0v) is 20.2. The Morgan fingerprint density at radius 2 is 1.72 bits per heavy atom. The number of hydrogen-bond acceptors (Lipinski definition) is 7. The normalized spacial score (nSPS) is 13.9. The number of nitrogens with zero attached hydrogens (tertiary/aromatic N) is 6. The van der Waals surface area contributed by atoms with Crippen molar-refractivity contribution in [2.75, 3.05) is 41.7 Å². The van der Waals surface area contributed by atoms with E-state index in [4.69, 9.17) is 4.98 Å². The predicted octanol–water partition coefficient (Wildman–Crippen LogP) is 4.00. The number of H-pyrrole nitrogens is 1. The van der Waals surface area contributed by atoms with Crippen LogP contribution in [0.15, 0.2) is 60.9 Å². The molecule has 1 aliphatic rings. The maximum Gasteiger partial charge on any atom is 0.231 e. The lowest BCUT2D eigenvalue weighted by atomic mass is 10.2. The van der Waals surface area contributed by atoms with E-state index in [1.165, 1.54) is 0 Å². The molecule has 1 aliphatic heterocycles. The highest BCUT2D eigenvalue weighted by Crippen LogP contribution is 2.28. The van der Waals surface area contributed by atoms with E-state index >= 15 is 0 Å². The van der Waals surface area contributed by atoms with Crippen LogP contribution in [-0.2, 0) is 11.8 Å². The summed E-state index contributed by atoms with van der Waals surface area (Å²) in [6.45, 7) is 4.80. The van der Waals surface area contributed by atoms with Crippen molar-refractivity contribution in [3.63, 3.8) is 0 Å². The molecule has 0 spiro atoms. The van der Waals surface area contributed by atoms with E-state index < -0.39 is 0 Å². The maximum absolute atomic E-state index is 11.6. The summed E-state index contributed by atoms with van der Waals surface area (Å²) in [5.41, 5.74) is 4.75. The molecule has 1 saturated heterocycles. The molecule has 10 nitrogen and oxygen atoms in total. The summed E-state index contributed by atoms with van der Waals surface area (Å²) in [4.78, 5) is 28.4. The van der Waals surface area contributed by atoms with Crippen LogP contribution in [0.25, 0.3) is 21.9 Å². The van der Waals surface area contributed by atoms with Crippen molar-refractivity contribution >= 4 is 56.7 Å². The third-order valence-electron chi connectivity index (χ3n) is 6.64. The lowest BCUT2D eigenvalue weighted by Crippen LogP contribution is -2.48. The highest BCUT2D eigenvalue weighted by atomic mass is 16.2. The fourth-order valence-corrected chi connectivity index (χ4v) is 4.62. The lowest BCUT2D eigenvalue weighted by Gasteiger charge is -2.35. The van der Waals surface area contributed by atoms with Crippen LogP contribution in [0.5, 0.6) is 0 Å². The smallest absolute Gasteiger partial charge is 0.231 e. The van der Waals surface area contributed by atoms with E-state index in [1.54, 1.807) is 6.92 Å². The standard InChI is InChI=1S/C26H27N9O/c1-17(36)34-11-13-35(14-12-34)21-7-5-19(6-8-21)30-26-31-24-22(9-10-27-24)25(32-26)29-20-4-3-18-16-28-33(2)23(18)15-20/h3-10,15-16H,11-14H2,1-2H3,(H3,27,29,30,31,32). The molecule has 4 heterocycles. The zero-order chi connectivity index (χ0) is 24.6. The molecule has 3 aromatic heterocycles. The van der Waals surface area contributed by atoms with Gasteiger partial charge in [0.25, 0.3) is 0 Å². The molecular formula is C26H27N9O. The minimum atomic E-state index is 0.139. The van der Waals surface area contributed by atoms with Crippen molar-refractivity contribution in [1.29, 1.82) is 0 Å². The van der Waals surface area contributed by atoms with Gasteiger partial charge in [0, 0.05) is 68.8 Å². The monoisotopic (exact) mass is 481 g/mol. The first-order valence-electron chi connectivity index (χ1n) is 11.9. The van der Waals surface area contributed by atoms with Crippen molar-refractivity contribution < 1.29 is 4.79 Å². The first-order valence-corrected chi connectivity index (χ1v) is 11.9. The molecule has 0 aliphatic carbocycles. The molecule has 10 heteroatoms. The summed E-state index contributed by atoms with van der Waals surface area (Å²) in [5.74, 6) is 1.35. The molecule has 1 fully saturated rings. The predicted molar refractivity (Wildman–Crippen MR) is 142 cm³/mol. The highest BCUT2D eigenvalue weighted by molar-refractivity contribution is 5.91. The number of hydrogen-bond donors (Lipinski definition) is 3. The van der Waals surface area contributed by atoms with Gasteiger partial charge in [-0.3, -0.25) is 9.48 Å². The molecule has 6 rings (SSSR count). The largest absolute Gasteiger partial charge is 0.368 e. The number of aryl methyl sites for hydroxylation is 1. The van der Waals surface area contributed by atoms with E-state index in [0.717, 1.165) is 65.2 Å². The maximum atomic E-state index is 11.6. The molecule has 0 bridgehead atoms. The van der Waals surface area contributed by atoms with E-state index in [2.05, 4.69) is 48.8 Å². The van der Waals surface area contributed by atoms with Crippen molar-refractivity contribution in [2.24, 2.45) is 7.05 Å². The molecule has 0 atom stereocenters. The second kappa shape index (κ2) is 8.88. The average molecular weight is 482 g/mol. The fourth-order valence-electron chi connectivity index (χ4n) is 4.62. The van der Waals surface area contributed by atoms with Gasteiger partial charge in [0.1, 0.15) is 11.5 Å². The first kappa shape index (κ1) is 21.9. The number of aromatic amines is 1. The van der Waals surface area contributed by atoms with Crippen LogP contribution in [0.1, 0.15) is 6.92 Å². The number of amides is 1. The van der Waals surface area contributed by atoms with Gasteiger partial charge in [0.15, 0.2) is 0 Å². The van der Waals surface area contributed by atoms with Gasteiger partial charge in [-0.25, -0.2) is 0 Å². The van der Waals surface area contributed by atoms with Gasteiger partial charge in [-0.05, 0) is 48.5 Å². The molecule has 0 saturated carbocycles. The second-order valence-electron chi connectivity index (χ2n) is 8.97. The van der Waals surface area contributed by atoms with Crippen molar-refractivity contribution in [1.82, 2.24) is 29.6 Å². The van der Waals surface area contributed by atoms with E-state index in [9.17, 15) is 4.79 Å². The number of carbonyl (C=O) groups excluding carboxylic acids is 1. The van der Waals surface area contributed by atoms with Gasteiger partial charge in [0.2, 0.25) is 11.9 Å². The summed E-state index contributed by atoms with van der Waals surface area (Å²) in [6, 6.07) is 16.3. The molecule has 1 amide bonds. The molecular weight excluding hydrogens is 454 g/mol. The number of nitrogens with one attached hydrogen (secondary N) is 3. The minimum absolute atomic E-state index is 0.139. The van der Waals surface area contributed by atoms with Crippen LogP contribution in [0.4, 0.5) is 28.8 Å². The Balaban J connectivity index is 1.21. The summed E-state index contributed by atoms with van der Waals surface area (Å²) >= 11 is 0. The van der Waals surface area contributed by atoms with Crippen LogP contribution in [-0.4, -0.2) is 61.7 Å². The lowest BCUT2D eigenvalue weighted by molar-refractivity contribution is -0.129. The van der Waals surface area contributed by atoms with E-state index in [1.807, 2.05) is 59.4 Å². The zero-order valence-electron chi connectivity index (χ0n) is 20.2. The van der Waals surface area contributed by atoms with Gasteiger partial charge in [-0.1, -0.05) is 0 Å². The number of aromatic nitrogens is 5. The molecule has 5 aromatic rings. The third-order valence-corrected chi connectivity index (χ3v) is 6.64. The SMILES string of the molecule is CC(=O)N1CCN(c2ccc(Nc3nc(Nc4ccc5cnn(C)c5c4)c4cc[nH]c4n3)cc2)CC1. The number of carbonyl (C=O) groups is 1. The van der Waals surface area contributed by atoms with Crippen LogP contribution in [0.3, 0.4) is 0 Å². The van der Waals surface area contributed by atoms with Crippen LogP contribution in [0.2, 0.25) is 0 Å². The van der Waals surface area contributed by atoms with Gasteiger partial charge in [-0.2, -0.15) is 15.1 Å². The van der Waals surface area contributed by atoms with Crippen molar-refractivity contribution in [3.05, 3.63) is 60.9 Å². The first-order chi connectivity index (χ1) is 17.5. The summed E-state index contributed by atoms with van der Waals surface area (Å²) in [7, 11) is 1.93. The van der Waals surface area contributed by atoms with E-state index in [-0.39, 0.29) is 5.91 Å². The Hall–Kier alpha value is -4.60. The van der Waals surface area contributed by atoms with Gasteiger partial charge >= 0.3 is 0 Å². The van der Waals surface area contributed by atoms with Gasteiger partial charge < -0.3 is 25.4 Å². The van der Waals surface area contributed by atoms with Crippen LogP contribution in [0, 0.1) is 0 Å². The second-order valence-corrected chi connectivity index (χ2v) is 8.97. The van der Waals surface area contributed by atoms with Crippen LogP contribution < -0.4 is 15.5 Å². The average Bonchev–Trinajstić information content (AvgIpc) is 3.51. The molecule has 0 unspecified atom stereocenters. The Labute approximate surface area is 207 Å². The molecule has 36 heavy (non-hydrogen) atoms. The summed E-state index contributed by atoms with van der Waals surface area (Å²) in [5, 5.41) is 13.1. The Morgan fingerprint density at radius 3 is 2.50 bits per heavy atom. The Morgan fingerprint density at radius 1 is 0.944 bits per heavy atom. The third kappa shape index (κ3) is 4.17. The summed E-state index contributed by atoms with van der Waals surface area (Å²) < 4.78 is 1.85. The molecule has 0 radical (unpaired) electrons. The number of rotatable bonds is 5. The fraction of sp³-hybridized carbons (Fsp3) is 0.231. The number of fused-ring (bicyclic) bond motifs is 2. The van der Waals surface area contributed by atoms with E-state index in [0.29, 0.717) is 11.8 Å². The minimum Gasteiger partial charge on any atom is -0.368 e. The Kier molecular flexibility index (Phi) is 5.40. The Bertz CT molecular complexity index is 1550. The van der Waals surface area contributed by atoms with Crippen molar-refractivity contribution in [3.8, 4) is 0 Å². The number of piperazine rings is 1. The molecule has 2 aromatic carbocycles. The van der Waals surface area contributed by atoms with Gasteiger partial charge in [0.05, 0.1) is 17.1 Å². The van der Waals surface area contributed by atoms with Crippen molar-refractivity contribution in [2.45, 2.75) is 6.92 Å². The number of anilines is 5. The van der Waals surface area contributed by atoms with Crippen LogP contribution >= 0.6 is 0 Å². The summed E-state index contributed by atoms with van der Waals surface area (Å²) in [6.07, 6.45) is 3.72. The quantitative estimate of drug-likeness (QED) is 0.348. The highest BCUT2D eigenvalue weighted by Gasteiger charge is 2.18. The molecule has 3 N–H and O–H groups in total. The molecule has 182 valence electrons. The van der Waals surface area contributed by atoms with Gasteiger partial charge in [-0.15, -0.1) is 0 Å². The number of benzene rings is 2.